The number of aromatic nitrogens is 2. The van der Waals surface area contributed by atoms with Crippen LogP contribution in [0.15, 0.2) is 12.1 Å². The van der Waals surface area contributed by atoms with E-state index < -0.39 is 36.0 Å². The zero-order valence-corrected chi connectivity index (χ0v) is 18.5. The molecule has 0 saturated heterocycles. The number of aryl methyl sites for hydroxylation is 1. The lowest BCUT2D eigenvalue weighted by molar-refractivity contribution is -0.126. The minimum Gasteiger partial charge on any atom is -0.435 e. The van der Waals surface area contributed by atoms with Gasteiger partial charge >= 0.3 is 6.16 Å². The van der Waals surface area contributed by atoms with Crippen molar-refractivity contribution in [2.75, 3.05) is 11.5 Å². The number of rotatable bonds is 7. The average Bonchev–Trinajstić information content (AvgIpc) is 3.05. The summed E-state index contributed by atoms with van der Waals surface area (Å²) in [6, 6.07) is 1.75. The zero-order valence-electron chi connectivity index (χ0n) is 17.7. The van der Waals surface area contributed by atoms with Gasteiger partial charge in [-0.1, -0.05) is 0 Å². The largest absolute Gasteiger partial charge is 0.509 e. The maximum Gasteiger partial charge on any atom is 0.509 e. The van der Waals surface area contributed by atoms with Crippen molar-refractivity contribution < 1.29 is 32.6 Å². The molecule has 1 saturated carbocycles. The number of thiazole rings is 1. The molecule has 1 N–H and O–H groups in total. The van der Waals surface area contributed by atoms with E-state index in [4.69, 9.17) is 4.74 Å². The first-order valence-electron chi connectivity index (χ1n) is 9.98. The summed E-state index contributed by atoms with van der Waals surface area (Å²) in [5, 5.41) is 2.84. The molecule has 1 aliphatic rings. The fourth-order valence-electron chi connectivity index (χ4n) is 2.94. The Morgan fingerprint density at radius 2 is 1.91 bits per heavy atom. The van der Waals surface area contributed by atoms with Crippen LogP contribution in [0.5, 0.6) is 0 Å². The summed E-state index contributed by atoms with van der Waals surface area (Å²) in [4.78, 5) is 46.0. The summed E-state index contributed by atoms with van der Waals surface area (Å²) < 4.78 is 37.2. The lowest BCUT2D eigenvalue weighted by Crippen LogP contribution is -2.40. The van der Waals surface area contributed by atoms with Crippen molar-refractivity contribution in [1.29, 1.82) is 0 Å². The van der Waals surface area contributed by atoms with Crippen LogP contribution < -0.4 is 10.2 Å². The van der Waals surface area contributed by atoms with Crippen molar-refractivity contribution in [3.8, 4) is 0 Å². The third-order valence-electron chi connectivity index (χ3n) is 4.74. The number of hydrogen-bond acceptors (Lipinski definition) is 8. The second-order valence-corrected chi connectivity index (χ2v) is 8.27. The topological polar surface area (TPSA) is 111 Å². The molecule has 32 heavy (non-hydrogen) atoms. The molecule has 0 spiro atoms. The molecule has 172 valence electrons. The molecule has 1 aliphatic carbocycles. The quantitative estimate of drug-likeness (QED) is 0.488. The van der Waals surface area contributed by atoms with E-state index in [1.54, 1.807) is 13.8 Å². The summed E-state index contributed by atoms with van der Waals surface area (Å²) in [7, 11) is 0. The Kier molecular flexibility index (Phi) is 7.33. The predicted molar refractivity (Wildman–Crippen MR) is 111 cm³/mol. The van der Waals surface area contributed by atoms with E-state index >= 15 is 0 Å². The molecule has 1 fully saturated rings. The Hall–Kier alpha value is -3.15. The Morgan fingerprint density at radius 1 is 1.25 bits per heavy atom. The van der Waals surface area contributed by atoms with E-state index in [0.29, 0.717) is 4.88 Å². The second kappa shape index (κ2) is 9.98. The lowest BCUT2D eigenvalue weighted by Gasteiger charge is -2.26. The fourth-order valence-corrected chi connectivity index (χ4v) is 3.87. The number of pyridine rings is 1. The van der Waals surface area contributed by atoms with Crippen LogP contribution in [-0.2, 0) is 14.3 Å². The smallest absolute Gasteiger partial charge is 0.435 e. The SMILES string of the molecule is CCOC(=O)OC(C)C(=O)N(c1cc(F)nc(F)c1)c1nc(C(=O)NC2CCC2)c(C)s1. The highest BCUT2D eigenvalue weighted by Gasteiger charge is 2.32. The number of amides is 2. The molecule has 2 aromatic heterocycles. The first kappa shape index (κ1) is 23.5. The summed E-state index contributed by atoms with van der Waals surface area (Å²) in [6.45, 7) is 4.53. The molecule has 9 nitrogen and oxygen atoms in total. The maximum atomic E-state index is 13.8. The molecule has 0 radical (unpaired) electrons. The van der Waals surface area contributed by atoms with Gasteiger partial charge in [0, 0.05) is 23.1 Å². The molecular formula is C20H22F2N4O5S. The highest BCUT2D eigenvalue weighted by molar-refractivity contribution is 7.16. The van der Waals surface area contributed by atoms with Crippen LogP contribution in [0.1, 0.15) is 48.5 Å². The van der Waals surface area contributed by atoms with E-state index in [-0.39, 0.29) is 29.2 Å². The zero-order chi connectivity index (χ0) is 23.4. The van der Waals surface area contributed by atoms with Gasteiger partial charge in [-0.15, -0.1) is 11.3 Å². The molecule has 2 heterocycles. The Balaban J connectivity index is 1.95. The number of nitrogens with one attached hydrogen (secondary N) is 1. The van der Waals surface area contributed by atoms with Gasteiger partial charge < -0.3 is 14.8 Å². The summed E-state index contributed by atoms with van der Waals surface area (Å²) in [6.07, 6.45) is 0.350. The first-order valence-corrected chi connectivity index (χ1v) is 10.8. The van der Waals surface area contributed by atoms with Gasteiger partial charge in [-0.3, -0.25) is 14.5 Å². The number of carbonyl (C=O) groups excluding carboxylic acids is 3. The van der Waals surface area contributed by atoms with Crippen molar-refractivity contribution in [2.24, 2.45) is 0 Å². The van der Waals surface area contributed by atoms with Gasteiger partial charge in [-0.05, 0) is 40.0 Å². The molecule has 12 heteroatoms. The van der Waals surface area contributed by atoms with Gasteiger partial charge in [0.05, 0.1) is 12.3 Å². The third-order valence-corrected chi connectivity index (χ3v) is 5.70. The monoisotopic (exact) mass is 468 g/mol. The van der Waals surface area contributed by atoms with Crippen molar-refractivity contribution in [3.05, 3.63) is 34.6 Å². The van der Waals surface area contributed by atoms with Gasteiger partial charge in [-0.25, -0.2) is 9.78 Å². The number of nitrogens with zero attached hydrogens (tertiary/aromatic N) is 3. The standard InChI is InChI=1S/C20H22F2N4O5S/c1-4-30-20(29)31-10(2)18(28)26(13-8-14(21)24-15(22)9-13)19-25-16(11(3)32-19)17(27)23-12-6-5-7-12/h8-10,12H,4-7H2,1-3H3,(H,23,27). The minimum atomic E-state index is -1.37. The number of ether oxygens (including phenoxy) is 2. The van der Waals surface area contributed by atoms with E-state index in [1.807, 2.05) is 0 Å². The molecule has 2 aromatic rings. The third kappa shape index (κ3) is 5.36. The number of carbonyl (C=O) groups is 3. The molecule has 0 bridgehead atoms. The van der Waals surface area contributed by atoms with Crippen LogP contribution >= 0.6 is 11.3 Å². The Labute approximate surface area is 186 Å². The fraction of sp³-hybridized carbons (Fsp3) is 0.450. The Bertz CT molecular complexity index is 1010. The normalized spacial score (nSPS) is 14.3. The van der Waals surface area contributed by atoms with Crippen LogP contribution in [-0.4, -0.2) is 46.7 Å². The van der Waals surface area contributed by atoms with E-state index in [1.165, 1.54) is 6.92 Å². The Morgan fingerprint density at radius 3 is 2.47 bits per heavy atom. The van der Waals surface area contributed by atoms with Crippen LogP contribution in [0, 0.1) is 18.8 Å². The van der Waals surface area contributed by atoms with Gasteiger partial charge in [0.15, 0.2) is 11.2 Å². The highest BCUT2D eigenvalue weighted by Crippen LogP contribution is 2.33. The molecule has 2 amide bonds. The number of anilines is 2. The van der Waals surface area contributed by atoms with Crippen molar-refractivity contribution in [2.45, 2.75) is 52.2 Å². The molecule has 0 aromatic carbocycles. The van der Waals surface area contributed by atoms with Gasteiger partial charge in [-0.2, -0.15) is 13.8 Å². The van der Waals surface area contributed by atoms with Crippen LogP contribution in [0.25, 0.3) is 0 Å². The van der Waals surface area contributed by atoms with Crippen LogP contribution in [0.2, 0.25) is 0 Å². The first-order chi connectivity index (χ1) is 15.2. The molecule has 0 aliphatic heterocycles. The molecule has 1 unspecified atom stereocenters. The van der Waals surface area contributed by atoms with Crippen molar-refractivity contribution in [1.82, 2.24) is 15.3 Å². The minimum absolute atomic E-state index is 0.0180. The maximum absolute atomic E-state index is 13.8. The van der Waals surface area contributed by atoms with E-state index in [2.05, 4.69) is 20.0 Å². The summed E-state index contributed by atoms with van der Waals surface area (Å²) in [5.74, 6) is -3.56. The molecule has 1 atom stereocenters. The van der Waals surface area contributed by atoms with E-state index in [0.717, 1.165) is 47.6 Å². The summed E-state index contributed by atoms with van der Waals surface area (Å²) in [5.41, 5.74) is -0.123. The van der Waals surface area contributed by atoms with Gasteiger partial charge in [0.1, 0.15) is 5.69 Å². The lowest BCUT2D eigenvalue weighted by atomic mass is 9.93. The predicted octanol–water partition coefficient (Wildman–Crippen LogP) is 3.63. The van der Waals surface area contributed by atoms with Crippen LogP contribution in [0.3, 0.4) is 0 Å². The highest BCUT2D eigenvalue weighted by atomic mass is 32.1. The van der Waals surface area contributed by atoms with Crippen LogP contribution in [0.4, 0.5) is 24.4 Å². The molecular weight excluding hydrogens is 446 g/mol. The average molecular weight is 468 g/mol. The van der Waals surface area contributed by atoms with E-state index in [9.17, 15) is 23.2 Å². The van der Waals surface area contributed by atoms with Gasteiger partial charge in [0.2, 0.25) is 11.9 Å². The van der Waals surface area contributed by atoms with Crippen molar-refractivity contribution in [3.63, 3.8) is 0 Å². The van der Waals surface area contributed by atoms with Gasteiger partial charge in [0.25, 0.3) is 11.8 Å². The summed E-state index contributed by atoms with van der Waals surface area (Å²) >= 11 is 0.981. The molecule has 3 rings (SSSR count). The second-order valence-electron chi connectivity index (χ2n) is 7.09. The number of hydrogen-bond donors (Lipinski definition) is 1. The number of halogens is 2. The van der Waals surface area contributed by atoms with Crippen molar-refractivity contribution >= 4 is 40.1 Å².